The molecule has 3 fully saturated rings. The molecular weight excluding hydrogens is 460 g/mol. The Morgan fingerprint density at radius 2 is 1.56 bits per heavy atom. The number of aliphatic carboxylic acids is 1. The Kier molecular flexibility index (Phi) is 8.05. The molecule has 3 rings (SSSR count). The van der Waals surface area contributed by atoms with Crippen LogP contribution in [0.25, 0.3) is 0 Å². The lowest BCUT2D eigenvalue weighted by molar-refractivity contribution is -0.231. The maximum absolute atomic E-state index is 12.2. The van der Waals surface area contributed by atoms with E-state index >= 15 is 0 Å². The lowest BCUT2D eigenvalue weighted by atomic mass is 9.37. The molecule has 0 spiro atoms. The number of esters is 2. The lowest BCUT2D eigenvalue weighted by Crippen LogP contribution is -2.64. The summed E-state index contributed by atoms with van der Waals surface area (Å²) in [5.41, 5.74) is -0.0658. The average molecular weight is 507 g/mol. The van der Waals surface area contributed by atoms with Crippen LogP contribution in [0.5, 0.6) is 0 Å². The van der Waals surface area contributed by atoms with Crippen LogP contribution < -0.4 is 0 Å². The fourth-order valence-corrected chi connectivity index (χ4v) is 8.84. The summed E-state index contributed by atoms with van der Waals surface area (Å²) in [6.45, 7) is 13.0. The summed E-state index contributed by atoms with van der Waals surface area (Å²) in [6.07, 6.45) is 7.53. The first-order valence-corrected chi connectivity index (χ1v) is 13.5. The molecule has 0 aromatic rings. The van der Waals surface area contributed by atoms with Crippen molar-refractivity contribution < 1.29 is 34.1 Å². The molecule has 0 aromatic carbocycles. The van der Waals surface area contributed by atoms with Gasteiger partial charge in [-0.2, -0.15) is 0 Å². The predicted octanol–water partition coefficient (Wildman–Crippen LogP) is 5.29. The minimum absolute atomic E-state index is 0.0395. The molecule has 3 aliphatic carbocycles. The van der Waals surface area contributed by atoms with Gasteiger partial charge >= 0.3 is 17.9 Å². The molecule has 0 aliphatic heterocycles. The molecule has 7 atom stereocenters. The number of rotatable bonds is 7. The first kappa shape index (κ1) is 28.7. The van der Waals surface area contributed by atoms with Crippen LogP contribution in [0.3, 0.4) is 0 Å². The molecule has 0 bridgehead atoms. The summed E-state index contributed by atoms with van der Waals surface area (Å²) in [7, 11) is 1.38. The summed E-state index contributed by atoms with van der Waals surface area (Å²) in [5, 5.41) is 20.5. The molecule has 1 unspecified atom stereocenters. The van der Waals surface area contributed by atoms with E-state index in [1.165, 1.54) is 7.11 Å². The quantitative estimate of drug-likeness (QED) is 0.274. The van der Waals surface area contributed by atoms with E-state index in [9.17, 15) is 19.5 Å². The Labute approximate surface area is 216 Å². The fraction of sp³-hybridized carbons (Fsp3) is 0.828. The molecule has 0 aromatic heterocycles. The van der Waals surface area contributed by atoms with E-state index in [-0.39, 0.29) is 34.2 Å². The van der Waals surface area contributed by atoms with Crippen LogP contribution in [0.1, 0.15) is 99.3 Å². The fourth-order valence-electron chi connectivity index (χ4n) is 8.84. The number of carboxylic acids is 1. The summed E-state index contributed by atoms with van der Waals surface area (Å²) in [5.74, 6) is -1.30. The van der Waals surface area contributed by atoms with E-state index in [0.29, 0.717) is 11.8 Å². The van der Waals surface area contributed by atoms with Crippen LogP contribution in [0.15, 0.2) is 11.6 Å². The van der Waals surface area contributed by atoms with Crippen LogP contribution >= 0.6 is 0 Å². The molecule has 3 aliphatic rings. The van der Waals surface area contributed by atoms with Gasteiger partial charge in [-0.15, -0.1) is 0 Å². The second kappa shape index (κ2) is 10.1. The summed E-state index contributed by atoms with van der Waals surface area (Å²) in [4.78, 5) is 34.9. The van der Waals surface area contributed by atoms with Gasteiger partial charge in [0.15, 0.2) is 0 Å². The standard InChI is InChI=1S/C29H46O7/c1-18(16-24(32)35-7)8-9-21-28(5)13-10-19-26(2,3)22(36-25(33)17-23(30)31)12-14-27(19,4)20(28)11-15-29(21,6)34/h16,19-22,34H,8-15,17H2,1-7H3,(H,30,31)/b18-16+/t19?,20-,21+,22-,27+,28-,29+/m1/s1. The number of carbonyl (C=O) groups excluding carboxylic acids is 2. The van der Waals surface area contributed by atoms with Crippen molar-refractivity contribution in [3.05, 3.63) is 11.6 Å². The van der Waals surface area contributed by atoms with Gasteiger partial charge in [-0.25, -0.2) is 4.79 Å². The number of hydrogen-bond acceptors (Lipinski definition) is 6. The highest BCUT2D eigenvalue weighted by Gasteiger charge is 2.65. The number of allylic oxidation sites excluding steroid dienone is 1. The van der Waals surface area contributed by atoms with E-state index in [0.717, 1.165) is 56.9 Å². The number of carbonyl (C=O) groups is 3. The number of ether oxygens (including phenoxy) is 2. The highest BCUT2D eigenvalue weighted by atomic mass is 16.5. The number of methoxy groups -OCH3 is 1. The summed E-state index contributed by atoms with van der Waals surface area (Å²) in [6, 6.07) is 0. The first-order valence-electron chi connectivity index (χ1n) is 13.5. The average Bonchev–Trinajstić information content (AvgIpc) is 2.73. The summed E-state index contributed by atoms with van der Waals surface area (Å²) < 4.78 is 10.5. The molecule has 0 saturated heterocycles. The molecule has 0 amide bonds. The third-order valence-electron chi connectivity index (χ3n) is 10.5. The van der Waals surface area contributed by atoms with Gasteiger partial charge in [-0.05, 0) is 93.8 Å². The van der Waals surface area contributed by atoms with Gasteiger partial charge in [0.2, 0.25) is 0 Å². The zero-order valence-corrected chi connectivity index (χ0v) is 23.2. The van der Waals surface area contributed by atoms with Crippen LogP contribution in [0, 0.1) is 34.0 Å². The molecule has 3 saturated carbocycles. The van der Waals surface area contributed by atoms with E-state index in [1.54, 1.807) is 6.08 Å². The molecule has 0 radical (unpaired) electrons. The monoisotopic (exact) mass is 506 g/mol. The van der Waals surface area contributed by atoms with Crippen molar-refractivity contribution >= 4 is 17.9 Å². The topological polar surface area (TPSA) is 110 Å². The van der Waals surface area contributed by atoms with Crippen LogP contribution in [-0.2, 0) is 23.9 Å². The first-order chi connectivity index (χ1) is 16.6. The highest BCUT2D eigenvalue weighted by Crippen LogP contribution is 2.70. The van der Waals surface area contributed by atoms with Gasteiger partial charge in [0.05, 0.1) is 12.7 Å². The van der Waals surface area contributed by atoms with Gasteiger partial charge in [-0.3, -0.25) is 9.59 Å². The van der Waals surface area contributed by atoms with E-state index in [2.05, 4.69) is 27.7 Å². The van der Waals surface area contributed by atoms with Crippen molar-refractivity contribution in [1.82, 2.24) is 0 Å². The molecule has 0 heterocycles. The Bertz CT molecular complexity index is 903. The SMILES string of the molecule is COC(=O)/C=C(\C)CC[C@H]1[C@]2(C)CCC3C(C)(C)[C@H](OC(=O)CC(=O)O)CC[C@]3(C)[C@H]2CC[C@]1(C)O. The highest BCUT2D eigenvalue weighted by molar-refractivity contribution is 5.90. The third-order valence-corrected chi connectivity index (χ3v) is 10.5. The Hall–Kier alpha value is -1.89. The lowest BCUT2D eigenvalue weighted by Gasteiger charge is -2.68. The number of carboxylic acid groups (broad SMARTS) is 1. The van der Waals surface area contributed by atoms with Crippen molar-refractivity contribution in [1.29, 1.82) is 0 Å². The molecule has 7 nitrogen and oxygen atoms in total. The third kappa shape index (κ3) is 5.23. The zero-order chi connectivity index (χ0) is 27.1. The molecule has 2 N–H and O–H groups in total. The van der Waals surface area contributed by atoms with E-state index < -0.39 is 24.0 Å². The van der Waals surface area contributed by atoms with Crippen LogP contribution in [-0.4, -0.2) is 46.9 Å². The normalized spacial score (nSPS) is 39.9. The molecule has 7 heteroatoms. The Morgan fingerprint density at radius 3 is 2.17 bits per heavy atom. The second-order valence-corrected chi connectivity index (χ2v) is 13.1. The molecule has 36 heavy (non-hydrogen) atoms. The van der Waals surface area contributed by atoms with Gasteiger partial charge in [0, 0.05) is 11.5 Å². The number of aliphatic hydroxyl groups is 1. The summed E-state index contributed by atoms with van der Waals surface area (Å²) >= 11 is 0. The smallest absolute Gasteiger partial charge is 0.330 e. The van der Waals surface area contributed by atoms with Crippen molar-refractivity contribution in [2.24, 2.45) is 34.0 Å². The van der Waals surface area contributed by atoms with Crippen molar-refractivity contribution in [2.45, 2.75) is 111 Å². The van der Waals surface area contributed by atoms with E-state index in [1.807, 2.05) is 13.8 Å². The zero-order valence-electron chi connectivity index (χ0n) is 23.2. The Balaban J connectivity index is 1.85. The largest absolute Gasteiger partial charge is 0.481 e. The van der Waals surface area contributed by atoms with Crippen molar-refractivity contribution in [3.8, 4) is 0 Å². The number of hydrogen-bond donors (Lipinski definition) is 2. The van der Waals surface area contributed by atoms with Crippen LogP contribution in [0.2, 0.25) is 0 Å². The van der Waals surface area contributed by atoms with Gasteiger partial charge in [0.25, 0.3) is 0 Å². The van der Waals surface area contributed by atoms with Gasteiger partial charge in [0.1, 0.15) is 12.5 Å². The van der Waals surface area contributed by atoms with Crippen molar-refractivity contribution in [3.63, 3.8) is 0 Å². The Morgan fingerprint density at radius 1 is 0.944 bits per heavy atom. The molecule has 204 valence electrons. The van der Waals surface area contributed by atoms with Gasteiger partial charge < -0.3 is 19.7 Å². The minimum Gasteiger partial charge on any atom is -0.481 e. The molecular formula is C29H46O7. The van der Waals surface area contributed by atoms with Crippen LogP contribution in [0.4, 0.5) is 0 Å². The minimum atomic E-state index is -1.16. The maximum atomic E-state index is 12.2. The number of fused-ring (bicyclic) bond motifs is 3. The predicted molar refractivity (Wildman–Crippen MR) is 136 cm³/mol. The van der Waals surface area contributed by atoms with E-state index in [4.69, 9.17) is 14.6 Å². The maximum Gasteiger partial charge on any atom is 0.330 e. The van der Waals surface area contributed by atoms with Gasteiger partial charge in [-0.1, -0.05) is 33.3 Å². The second-order valence-electron chi connectivity index (χ2n) is 13.1. The van der Waals surface area contributed by atoms with Crippen molar-refractivity contribution in [2.75, 3.05) is 7.11 Å².